The maximum absolute atomic E-state index is 12.2. The molecule has 2 aromatic heterocycles. The highest BCUT2D eigenvalue weighted by atomic mass is 16.1. The molecule has 0 aliphatic heterocycles. The van der Waals surface area contributed by atoms with Crippen LogP contribution in [0.5, 0.6) is 0 Å². The van der Waals surface area contributed by atoms with E-state index in [2.05, 4.69) is 9.97 Å². The van der Waals surface area contributed by atoms with Gasteiger partial charge >= 0.3 is 0 Å². The molecule has 0 unspecified atom stereocenters. The lowest BCUT2D eigenvalue weighted by atomic mass is 10.0. The van der Waals surface area contributed by atoms with Crippen LogP contribution >= 0.6 is 0 Å². The molecule has 0 atom stereocenters. The van der Waals surface area contributed by atoms with Gasteiger partial charge in [-0.3, -0.25) is 19.2 Å². The smallest absolute Gasteiger partial charge is 0.200 e. The summed E-state index contributed by atoms with van der Waals surface area (Å²) in [5, 5.41) is 0.667. The molecule has 104 valence electrons. The van der Waals surface area contributed by atoms with E-state index in [1.165, 1.54) is 12.4 Å². The van der Waals surface area contributed by atoms with Crippen LogP contribution in [0.25, 0.3) is 21.8 Å². The number of nitrogens with one attached hydrogen (secondary N) is 2. The number of fused-ring (bicyclic) bond motifs is 3. The highest BCUT2D eigenvalue weighted by Gasteiger charge is 2.13. The Balaban J connectivity index is 2.63. The Hall–Kier alpha value is -3.02. The molecule has 0 aliphatic rings. The van der Waals surface area contributed by atoms with Crippen LogP contribution < -0.4 is 10.9 Å². The fourth-order valence-electron chi connectivity index (χ4n) is 2.49. The van der Waals surface area contributed by atoms with Gasteiger partial charge in [0.2, 0.25) is 0 Å². The summed E-state index contributed by atoms with van der Waals surface area (Å²) in [6.45, 7) is 1.68. The zero-order valence-corrected chi connectivity index (χ0v) is 11.0. The van der Waals surface area contributed by atoms with Crippen molar-refractivity contribution in [3.05, 3.63) is 55.6 Å². The van der Waals surface area contributed by atoms with Crippen molar-refractivity contribution in [1.29, 1.82) is 0 Å². The van der Waals surface area contributed by atoms with Crippen LogP contribution in [0.3, 0.4) is 0 Å². The van der Waals surface area contributed by atoms with Gasteiger partial charge in [0.25, 0.3) is 0 Å². The molecule has 2 N–H and O–H groups in total. The third kappa shape index (κ3) is 1.73. The topological polar surface area (TPSA) is 99.9 Å². The molecule has 0 radical (unpaired) electrons. The van der Waals surface area contributed by atoms with E-state index in [0.717, 1.165) is 0 Å². The van der Waals surface area contributed by atoms with Gasteiger partial charge in [-0.25, -0.2) is 0 Å². The minimum Gasteiger partial charge on any atom is -0.359 e. The van der Waals surface area contributed by atoms with Crippen LogP contribution in [0.15, 0.2) is 28.0 Å². The van der Waals surface area contributed by atoms with Crippen molar-refractivity contribution in [1.82, 2.24) is 9.97 Å². The first-order valence-corrected chi connectivity index (χ1v) is 6.19. The van der Waals surface area contributed by atoms with Crippen molar-refractivity contribution in [2.45, 2.75) is 6.92 Å². The molecule has 1 aromatic carbocycles. The molecule has 0 saturated heterocycles. The average Bonchev–Trinajstić information content (AvgIpc) is 2.48. The van der Waals surface area contributed by atoms with E-state index in [-0.39, 0.29) is 11.1 Å². The van der Waals surface area contributed by atoms with Crippen LogP contribution in [0.4, 0.5) is 0 Å². The van der Waals surface area contributed by atoms with Crippen molar-refractivity contribution < 1.29 is 9.59 Å². The van der Waals surface area contributed by atoms with E-state index in [1.54, 1.807) is 13.0 Å². The van der Waals surface area contributed by atoms with Gasteiger partial charge in [0.05, 0.1) is 27.5 Å². The molecule has 0 saturated carbocycles. The molecule has 0 fully saturated rings. The van der Waals surface area contributed by atoms with Gasteiger partial charge in [-0.15, -0.1) is 0 Å². The maximum atomic E-state index is 12.2. The van der Waals surface area contributed by atoms with E-state index in [9.17, 15) is 19.2 Å². The minimum absolute atomic E-state index is 0.0214. The first-order valence-electron chi connectivity index (χ1n) is 6.19. The Morgan fingerprint density at radius 2 is 1.48 bits per heavy atom. The van der Waals surface area contributed by atoms with Crippen LogP contribution in [-0.2, 0) is 0 Å². The summed E-state index contributed by atoms with van der Waals surface area (Å²) in [5.41, 5.74) is 0.694. The highest BCUT2D eigenvalue weighted by molar-refractivity contribution is 6.06. The zero-order chi connectivity index (χ0) is 15.1. The monoisotopic (exact) mass is 282 g/mol. The van der Waals surface area contributed by atoms with E-state index in [0.29, 0.717) is 39.9 Å². The third-order valence-corrected chi connectivity index (χ3v) is 3.52. The number of aromatic nitrogens is 2. The quantitative estimate of drug-likeness (QED) is 0.546. The van der Waals surface area contributed by atoms with Crippen molar-refractivity contribution in [2.75, 3.05) is 0 Å². The first kappa shape index (κ1) is 13.0. The van der Waals surface area contributed by atoms with Gasteiger partial charge in [-0.05, 0) is 18.6 Å². The summed E-state index contributed by atoms with van der Waals surface area (Å²) in [5.74, 6) is 0. The summed E-state index contributed by atoms with van der Waals surface area (Å²) in [4.78, 5) is 51.8. The summed E-state index contributed by atoms with van der Waals surface area (Å²) in [6.07, 6.45) is 3.58. The van der Waals surface area contributed by atoms with Gasteiger partial charge in [0, 0.05) is 17.8 Å². The number of carbonyl (C=O) groups excluding carboxylic acids is 2. The maximum Gasteiger partial charge on any atom is 0.200 e. The van der Waals surface area contributed by atoms with Gasteiger partial charge < -0.3 is 9.97 Å². The number of benzene rings is 1. The molecule has 2 heterocycles. The predicted octanol–water partition coefficient (Wildman–Crippen LogP) is 1.30. The molecule has 3 aromatic rings. The lowest BCUT2D eigenvalue weighted by Gasteiger charge is -2.07. The summed E-state index contributed by atoms with van der Waals surface area (Å²) >= 11 is 0. The van der Waals surface area contributed by atoms with Crippen molar-refractivity contribution >= 4 is 34.4 Å². The van der Waals surface area contributed by atoms with Crippen LogP contribution in [0, 0.1) is 6.92 Å². The van der Waals surface area contributed by atoms with E-state index < -0.39 is 10.9 Å². The third-order valence-electron chi connectivity index (χ3n) is 3.52. The van der Waals surface area contributed by atoms with Gasteiger partial charge in [-0.1, -0.05) is 0 Å². The second-order valence-electron chi connectivity index (χ2n) is 4.75. The summed E-state index contributed by atoms with van der Waals surface area (Å²) in [7, 11) is 0. The van der Waals surface area contributed by atoms with E-state index in [1.807, 2.05) is 0 Å². The van der Waals surface area contributed by atoms with E-state index in [4.69, 9.17) is 0 Å². The number of pyridine rings is 2. The van der Waals surface area contributed by atoms with Crippen molar-refractivity contribution in [3.8, 4) is 0 Å². The SMILES string of the molecule is Cc1cc2c(=O)c(C=O)c[nH]c2c2[nH]cc(C=O)c(=O)c12. The number of hydrogen-bond donors (Lipinski definition) is 2. The number of carbonyl (C=O) groups is 2. The second kappa shape index (κ2) is 4.52. The van der Waals surface area contributed by atoms with Crippen molar-refractivity contribution in [3.63, 3.8) is 0 Å². The van der Waals surface area contributed by atoms with Crippen LogP contribution in [-0.4, -0.2) is 22.5 Å². The molecule has 6 nitrogen and oxygen atoms in total. The fourth-order valence-corrected chi connectivity index (χ4v) is 2.49. The average molecular weight is 282 g/mol. The Kier molecular flexibility index (Phi) is 2.79. The summed E-state index contributed by atoms with van der Waals surface area (Å²) in [6, 6.07) is 1.55. The first-order chi connectivity index (χ1) is 10.1. The lowest BCUT2D eigenvalue weighted by Crippen LogP contribution is -2.14. The number of aromatic amines is 2. The van der Waals surface area contributed by atoms with Crippen LogP contribution in [0.1, 0.15) is 26.3 Å². The van der Waals surface area contributed by atoms with E-state index >= 15 is 0 Å². The van der Waals surface area contributed by atoms with Crippen molar-refractivity contribution in [2.24, 2.45) is 0 Å². The Morgan fingerprint density at radius 3 is 2.10 bits per heavy atom. The molecule has 0 aliphatic carbocycles. The second-order valence-corrected chi connectivity index (χ2v) is 4.75. The Bertz CT molecular complexity index is 1030. The largest absolute Gasteiger partial charge is 0.359 e. The molecule has 0 amide bonds. The Labute approximate surface area is 117 Å². The highest BCUT2D eigenvalue weighted by Crippen LogP contribution is 2.21. The standard InChI is InChI=1S/C15H10N2O4/c1-7-2-10-12(16-3-8(5-18)14(10)20)13-11(7)15(21)9(6-19)4-17-13/h2-6H,1H3,(H,16,20)(H,17,21). The predicted molar refractivity (Wildman–Crippen MR) is 78.2 cm³/mol. The molecular weight excluding hydrogens is 272 g/mol. The number of H-pyrrole nitrogens is 2. The zero-order valence-electron chi connectivity index (χ0n) is 11.0. The lowest BCUT2D eigenvalue weighted by molar-refractivity contribution is 0.111. The normalized spacial score (nSPS) is 10.9. The van der Waals surface area contributed by atoms with Gasteiger partial charge in [0.15, 0.2) is 23.4 Å². The molecule has 0 bridgehead atoms. The fraction of sp³-hybridized carbons (Fsp3) is 0.0667. The molecule has 0 spiro atoms. The van der Waals surface area contributed by atoms with Crippen LogP contribution in [0.2, 0.25) is 0 Å². The van der Waals surface area contributed by atoms with Gasteiger partial charge in [-0.2, -0.15) is 0 Å². The number of rotatable bonds is 2. The molecule has 3 rings (SSSR count). The molecular formula is C15H10N2O4. The minimum atomic E-state index is -0.399. The molecule has 6 heteroatoms. The summed E-state index contributed by atoms with van der Waals surface area (Å²) < 4.78 is 0. The molecule has 21 heavy (non-hydrogen) atoms. The number of aldehydes is 2. The Morgan fingerprint density at radius 1 is 0.905 bits per heavy atom. The number of aryl methyl sites for hydroxylation is 1. The number of hydrogen-bond acceptors (Lipinski definition) is 4. The van der Waals surface area contributed by atoms with Gasteiger partial charge in [0.1, 0.15) is 0 Å².